The van der Waals surface area contributed by atoms with Gasteiger partial charge in [-0.3, -0.25) is 0 Å². The number of ether oxygens (including phenoxy) is 1. The van der Waals surface area contributed by atoms with Crippen molar-refractivity contribution in [3.8, 4) is 11.6 Å². The SMILES string of the molecule is OCCNCCc1cc(F)cc(Oc2cccnn2)c1. The van der Waals surface area contributed by atoms with Gasteiger partial charge < -0.3 is 15.2 Å². The second-order valence-corrected chi connectivity index (χ2v) is 4.18. The van der Waals surface area contributed by atoms with E-state index in [1.165, 1.54) is 18.3 Å². The number of hydrogen-bond acceptors (Lipinski definition) is 5. The van der Waals surface area contributed by atoms with Gasteiger partial charge in [0.2, 0.25) is 5.88 Å². The van der Waals surface area contributed by atoms with Crippen LogP contribution in [0.15, 0.2) is 36.5 Å². The number of nitrogens with zero attached hydrogens (tertiary/aromatic N) is 2. The largest absolute Gasteiger partial charge is 0.437 e. The van der Waals surface area contributed by atoms with Crippen molar-refractivity contribution in [3.05, 3.63) is 47.9 Å². The lowest BCUT2D eigenvalue weighted by molar-refractivity contribution is 0.293. The Labute approximate surface area is 116 Å². The zero-order valence-electron chi connectivity index (χ0n) is 10.9. The van der Waals surface area contributed by atoms with Crippen molar-refractivity contribution in [2.75, 3.05) is 19.7 Å². The highest BCUT2D eigenvalue weighted by Gasteiger charge is 2.04. The molecule has 106 valence electrons. The normalized spacial score (nSPS) is 10.5. The van der Waals surface area contributed by atoms with Crippen LogP contribution in [-0.2, 0) is 6.42 Å². The Bertz CT molecular complexity index is 537. The van der Waals surface area contributed by atoms with Gasteiger partial charge in [-0.25, -0.2) is 4.39 Å². The topological polar surface area (TPSA) is 67.3 Å². The van der Waals surface area contributed by atoms with E-state index in [9.17, 15) is 4.39 Å². The van der Waals surface area contributed by atoms with Crippen LogP contribution in [0.4, 0.5) is 4.39 Å². The van der Waals surface area contributed by atoms with E-state index in [0.29, 0.717) is 31.1 Å². The zero-order chi connectivity index (χ0) is 14.2. The van der Waals surface area contributed by atoms with Gasteiger partial charge in [-0.1, -0.05) is 0 Å². The molecule has 5 nitrogen and oxygen atoms in total. The third kappa shape index (κ3) is 4.56. The van der Waals surface area contributed by atoms with Crippen molar-refractivity contribution in [2.45, 2.75) is 6.42 Å². The van der Waals surface area contributed by atoms with E-state index in [0.717, 1.165) is 5.56 Å². The van der Waals surface area contributed by atoms with Crippen LogP contribution < -0.4 is 10.1 Å². The summed E-state index contributed by atoms with van der Waals surface area (Å²) in [5, 5.41) is 19.2. The highest BCUT2D eigenvalue weighted by atomic mass is 19.1. The van der Waals surface area contributed by atoms with Crippen LogP contribution in [0.2, 0.25) is 0 Å². The molecular weight excluding hydrogens is 261 g/mol. The van der Waals surface area contributed by atoms with Gasteiger partial charge in [0.15, 0.2) is 0 Å². The molecule has 0 radical (unpaired) electrons. The fraction of sp³-hybridized carbons (Fsp3) is 0.286. The first-order valence-electron chi connectivity index (χ1n) is 6.34. The summed E-state index contributed by atoms with van der Waals surface area (Å²) in [6, 6.07) is 7.88. The Morgan fingerprint density at radius 1 is 1.25 bits per heavy atom. The molecule has 0 aliphatic carbocycles. The first-order valence-corrected chi connectivity index (χ1v) is 6.34. The standard InChI is InChI=1S/C14H16FN3O2/c15-12-8-11(3-5-16-6-7-19)9-13(10-12)20-14-2-1-4-17-18-14/h1-2,4,8-10,16,19H,3,5-7H2. The number of aromatic nitrogens is 2. The molecule has 2 N–H and O–H groups in total. The third-order valence-electron chi connectivity index (χ3n) is 2.58. The van der Waals surface area contributed by atoms with Crippen molar-refractivity contribution in [2.24, 2.45) is 0 Å². The summed E-state index contributed by atoms with van der Waals surface area (Å²) in [6.45, 7) is 1.27. The fourth-order valence-electron chi connectivity index (χ4n) is 1.72. The van der Waals surface area contributed by atoms with Crippen molar-refractivity contribution >= 4 is 0 Å². The van der Waals surface area contributed by atoms with Crippen LogP contribution in [-0.4, -0.2) is 35.0 Å². The maximum Gasteiger partial charge on any atom is 0.238 e. The van der Waals surface area contributed by atoms with Crippen molar-refractivity contribution in [1.29, 1.82) is 0 Å². The van der Waals surface area contributed by atoms with E-state index in [4.69, 9.17) is 9.84 Å². The van der Waals surface area contributed by atoms with Crippen molar-refractivity contribution in [1.82, 2.24) is 15.5 Å². The second-order valence-electron chi connectivity index (χ2n) is 4.18. The average molecular weight is 277 g/mol. The molecule has 2 rings (SSSR count). The van der Waals surface area contributed by atoms with E-state index >= 15 is 0 Å². The molecule has 6 heteroatoms. The zero-order valence-corrected chi connectivity index (χ0v) is 10.9. The third-order valence-corrected chi connectivity index (χ3v) is 2.58. The number of nitrogens with one attached hydrogen (secondary N) is 1. The smallest absolute Gasteiger partial charge is 0.238 e. The summed E-state index contributed by atoms with van der Waals surface area (Å²) < 4.78 is 19.0. The minimum absolute atomic E-state index is 0.0875. The van der Waals surface area contributed by atoms with Crippen LogP contribution in [0.5, 0.6) is 11.6 Å². The summed E-state index contributed by atoms with van der Waals surface area (Å²) in [4.78, 5) is 0. The summed E-state index contributed by atoms with van der Waals surface area (Å²) in [7, 11) is 0. The van der Waals surface area contributed by atoms with E-state index in [-0.39, 0.29) is 12.4 Å². The van der Waals surface area contributed by atoms with Crippen LogP contribution in [0.3, 0.4) is 0 Å². The van der Waals surface area contributed by atoms with Gasteiger partial charge in [0.25, 0.3) is 0 Å². The Balaban J connectivity index is 2.01. The summed E-state index contributed by atoms with van der Waals surface area (Å²) in [5.74, 6) is 0.355. The molecule has 0 bridgehead atoms. The number of hydrogen-bond donors (Lipinski definition) is 2. The highest BCUT2D eigenvalue weighted by Crippen LogP contribution is 2.21. The molecule has 0 saturated carbocycles. The minimum atomic E-state index is -0.358. The Kier molecular flexibility index (Phi) is 5.40. The van der Waals surface area contributed by atoms with E-state index < -0.39 is 0 Å². The van der Waals surface area contributed by atoms with Gasteiger partial charge in [-0.15, -0.1) is 5.10 Å². The van der Waals surface area contributed by atoms with Gasteiger partial charge in [0.1, 0.15) is 11.6 Å². The quantitative estimate of drug-likeness (QED) is 0.751. The summed E-state index contributed by atoms with van der Waals surface area (Å²) in [5.41, 5.74) is 0.814. The van der Waals surface area contributed by atoms with Gasteiger partial charge in [-0.2, -0.15) is 5.10 Å². The fourth-order valence-corrected chi connectivity index (χ4v) is 1.72. The van der Waals surface area contributed by atoms with Crippen LogP contribution >= 0.6 is 0 Å². The highest BCUT2D eigenvalue weighted by molar-refractivity contribution is 5.32. The molecular formula is C14H16FN3O2. The van der Waals surface area contributed by atoms with Gasteiger partial charge in [0.05, 0.1) is 6.61 Å². The lowest BCUT2D eigenvalue weighted by Gasteiger charge is -2.07. The number of rotatable bonds is 7. The van der Waals surface area contributed by atoms with Crippen molar-refractivity contribution in [3.63, 3.8) is 0 Å². The number of halogens is 1. The molecule has 1 aromatic heterocycles. The summed E-state index contributed by atoms with van der Waals surface area (Å²) >= 11 is 0. The molecule has 0 atom stereocenters. The van der Waals surface area contributed by atoms with E-state index in [1.807, 2.05) is 0 Å². The van der Waals surface area contributed by atoms with Gasteiger partial charge in [0, 0.05) is 24.9 Å². The minimum Gasteiger partial charge on any atom is -0.437 e. The molecule has 1 aromatic carbocycles. The molecule has 0 unspecified atom stereocenters. The van der Waals surface area contributed by atoms with Crippen LogP contribution in [0.25, 0.3) is 0 Å². The molecule has 0 spiro atoms. The molecule has 0 aliphatic heterocycles. The molecule has 1 heterocycles. The molecule has 0 aliphatic rings. The van der Waals surface area contributed by atoms with Crippen LogP contribution in [0, 0.1) is 5.82 Å². The predicted octanol–water partition coefficient (Wildman–Crippen LogP) is 1.53. The Morgan fingerprint density at radius 3 is 2.90 bits per heavy atom. The summed E-state index contributed by atoms with van der Waals surface area (Å²) in [6.07, 6.45) is 2.19. The van der Waals surface area contributed by atoms with E-state index in [1.54, 1.807) is 18.2 Å². The maximum absolute atomic E-state index is 13.5. The Morgan fingerprint density at radius 2 is 2.15 bits per heavy atom. The Hall–Kier alpha value is -2.05. The second kappa shape index (κ2) is 7.52. The number of aliphatic hydroxyl groups is 1. The first-order chi connectivity index (χ1) is 9.78. The van der Waals surface area contributed by atoms with Crippen molar-refractivity contribution < 1.29 is 14.2 Å². The van der Waals surface area contributed by atoms with Gasteiger partial charge in [-0.05, 0) is 36.7 Å². The van der Waals surface area contributed by atoms with Gasteiger partial charge >= 0.3 is 0 Å². The molecule has 0 saturated heterocycles. The predicted molar refractivity (Wildman–Crippen MR) is 72.2 cm³/mol. The average Bonchev–Trinajstić information content (AvgIpc) is 2.44. The number of aliphatic hydroxyl groups excluding tert-OH is 1. The van der Waals surface area contributed by atoms with E-state index in [2.05, 4.69) is 15.5 Å². The molecule has 0 fully saturated rings. The molecule has 2 aromatic rings. The molecule has 0 amide bonds. The monoisotopic (exact) mass is 277 g/mol. The maximum atomic E-state index is 13.5. The molecule has 20 heavy (non-hydrogen) atoms. The first kappa shape index (κ1) is 14.4. The lowest BCUT2D eigenvalue weighted by Crippen LogP contribution is -2.20. The van der Waals surface area contributed by atoms with Crippen LogP contribution in [0.1, 0.15) is 5.56 Å². The number of benzene rings is 1. The lowest BCUT2D eigenvalue weighted by atomic mass is 10.1.